The Bertz CT molecular complexity index is 673. The van der Waals surface area contributed by atoms with E-state index in [-0.39, 0.29) is 12.5 Å². The predicted octanol–water partition coefficient (Wildman–Crippen LogP) is 3.14. The van der Waals surface area contributed by atoms with Crippen LogP contribution in [0.1, 0.15) is 23.2 Å². The Kier molecular flexibility index (Phi) is 4.41. The number of nitrogens with zero attached hydrogens (tertiary/aromatic N) is 2. The number of fused-ring (bicyclic) bond motifs is 1. The highest BCUT2D eigenvalue weighted by Crippen LogP contribution is 2.26. The Morgan fingerprint density at radius 2 is 2.05 bits per heavy atom. The van der Waals surface area contributed by atoms with Crippen molar-refractivity contribution in [2.24, 2.45) is 0 Å². The second-order valence-corrected chi connectivity index (χ2v) is 6.03. The van der Waals surface area contributed by atoms with Crippen molar-refractivity contribution in [3.05, 3.63) is 64.4 Å². The molecule has 3 rings (SSSR count). The molecule has 1 aromatic carbocycles. The number of rotatable bonds is 4. The third kappa shape index (κ3) is 3.46. The number of carboxylic acid groups (broad SMARTS) is 1. The number of hydrogen-bond acceptors (Lipinski definition) is 3. The normalized spacial score (nSPS) is 18.0. The fourth-order valence-corrected chi connectivity index (χ4v) is 3.05. The molecule has 1 aliphatic rings. The quantitative estimate of drug-likeness (QED) is 0.941. The van der Waals surface area contributed by atoms with Crippen LogP contribution >= 0.6 is 11.6 Å². The van der Waals surface area contributed by atoms with Crippen LogP contribution < -0.4 is 0 Å². The van der Waals surface area contributed by atoms with Crippen LogP contribution in [-0.2, 0) is 24.3 Å². The smallest absolute Gasteiger partial charge is 0.304 e. The van der Waals surface area contributed by atoms with Gasteiger partial charge in [0.15, 0.2) is 0 Å². The highest BCUT2D eigenvalue weighted by molar-refractivity contribution is 6.30. The second-order valence-electron chi connectivity index (χ2n) is 5.60. The molecule has 0 spiro atoms. The Balaban J connectivity index is 1.82. The monoisotopic (exact) mass is 316 g/mol. The topological polar surface area (TPSA) is 53.4 Å². The first-order valence-electron chi connectivity index (χ1n) is 7.25. The van der Waals surface area contributed by atoms with E-state index in [1.807, 2.05) is 24.3 Å². The van der Waals surface area contributed by atoms with Gasteiger partial charge in [0.1, 0.15) is 0 Å². The van der Waals surface area contributed by atoms with Crippen LogP contribution in [0, 0.1) is 0 Å². The van der Waals surface area contributed by atoms with Crippen LogP contribution in [-0.4, -0.2) is 27.0 Å². The number of hydrogen-bond donors (Lipinski definition) is 1. The summed E-state index contributed by atoms with van der Waals surface area (Å²) in [5, 5.41) is 9.78. The van der Waals surface area contributed by atoms with E-state index in [2.05, 4.69) is 22.0 Å². The number of carbonyl (C=O) groups is 1. The molecule has 22 heavy (non-hydrogen) atoms. The molecule has 0 unspecified atom stereocenters. The first-order chi connectivity index (χ1) is 10.6. The lowest BCUT2D eigenvalue weighted by Gasteiger charge is -2.36. The van der Waals surface area contributed by atoms with Crippen molar-refractivity contribution in [3.8, 4) is 0 Å². The van der Waals surface area contributed by atoms with Crippen LogP contribution in [0.15, 0.2) is 42.6 Å². The minimum Gasteiger partial charge on any atom is -0.481 e. The van der Waals surface area contributed by atoms with Crippen LogP contribution in [0.4, 0.5) is 0 Å². The lowest BCUT2D eigenvalue weighted by atomic mass is 9.92. The molecule has 0 radical (unpaired) electrons. The van der Waals surface area contributed by atoms with E-state index in [9.17, 15) is 9.90 Å². The van der Waals surface area contributed by atoms with Crippen molar-refractivity contribution in [2.45, 2.75) is 32.0 Å². The summed E-state index contributed by atoms with van der Waals surface area (Å²) in [6.07, 6.45) is 2.53. The molecule has 1 aliphatic heterocycles. The average molecular weight is 317 g/mol. The van der Waals surface area contributed by atoms with Gasteiger partial charge in [-0.05, 0) is 29.7 Å². The molecule has 0 saturated heterocycles. The van der Waals surface area contributed by atoms with Gasteiger partial charge in [-0.15, -0.1) is 0 Å². The fourth-order valence-electron chi connectivity index (χ4n) is 2.94. The van der Waals surface area contributed by atoms with Gasteiger partial charge >= 0.3 is 5.97 Å². The number of carboxylic acids is 1. The van der Waals surface area contributed by atoms with E-state index in [0.29, 0.717) is 11.6 Å². The van der Waals surface area contributed by atoms with Gasteiger partial charge in [-0.3, -0.25) is 14.7 Å². The molecule has 2 heterocycles. The molecule has 4 nitrogen and oxygen atoms in total. The molecule has 5 heteroatoms. The molecule has 1 N–H and O–H groups in total. The Labute approximate surface area is 134 Å². The number of aromatic nitrogens is 1. The summed E-state index contributed by atoms with van der Waals surface area (Å²) in [5.41, 5.74) is 3.41. The molecular formula is C17H17ClN2O2. The van der Waals surface area contributed by atoms with Crippen molar-refractivity contribution >= 4 is 17.6 Å². The number of aliphatic carboxylic acids is 1. The maximum absolute atomic E-state index is 11.2. The fraction of sp³-hybridized carbons (Fsp3) is 0.294. The van der Waals surface area contributed by atoms with Crippen molar-refractivity contribution in [1.82, 2.24) is 9.88 Å². The van der Waals surface area contributed by atoms with E-state index in [1.165, 1.54) is 11.1 Å². The standard InChI is InChI=1S/C17H17ClN2O2/c18-14-5-6-15(19-9-14)11-20-10-13-4-2-1-3-12(13)7-16(20)8-17(21)22/h1-6,9,16H,7-8,10-11H2,(H,21,22)/t16-/m0/s1. The zero-order chi connectivity index (χ0) is 15.5. The van der Waals surface area contributed by atoms with Gasteiger partial charge in [-0.25, -0.2) is 0 Å². The predicted molar refractivity (Wildman–Crippen MR) is 84.7 cm³/mol. The first kappa shape index (κ1) is 15.0. The Morgan fingerprint density at radius 3 is 2.73 bits per heavy atom. The molecule has 1 aromatic heterocycles. The Hall–Kier alpha value is -1.91. The van der Waals surface area contributed by atoms with Crippen LogP contribution in [0.5, 0.6) is 0 Å². The molecule has 0 saturated carbocycles. The van der Waals surface area contributed by atoms with Gasteiger partial charge in [0.25, 0.3) is 0 Å². The lowest BCUT2D eigenvalue weighted by Crippen LogP contribution is -2.41. The number of benzene rings is 1. The van der Waals surface area contributed by atoms with E-state index in [4.69, 9.17) is 11.6 Å². The lowest BCUT2D eigenvalue weighted by molar-refractivity contribution is -0.138. The SMILES string of the molecule is O=C(O)C[C@@H]1Cc2ccccc2CN1Cc1ccc(Cl)cn1. The van der Waals surface area contributed by atoms with Crippen molar-refractivity contribution < 1.29 is 9.90 Å². The van der Waals surface area contributed by atoms with Crippen LogP contribution in [0.25, 0.3) is 0 Å². The Morgan fingerprint density at radius 1 is 1.27 bits per heavy atom. The molecular weight excluding hydrogens is 300 g/mol. The van der Waals surface area contributed by atoms with Gasteiger partial charge in [0.2, 0.25) is 0 Å². The summed E-state index contributed by atoms with van der Waals surface area (Å²) in [6.45, 7) is 1.38. The summed E-state index contributed by atoms with van der Waals surface area (Å²) in [6, 6.07) is 11.9. The number of halogens is 1. The summed E-state index contributed by atoms with van der Waals surface area (Å²) < 4.78 is 0. The highest BCUT2D eigenvalue weighted by Gasteiger charge is 2.27. The van der Waals surface area contributed by atoms with Crippen LogP contribution in [0.2, 0.25) is 5.02 Å². The van der Waals surface area contributed by atoms with E-state index in [0.717, 1.165) is 18.7 Å². The summed E-state index contributed by atoms with van der Waals surface area (Å²) >= 11 is 5.87. The number of pyridine rings is 1. The molecule has 1 atom stereocenters. The zero-order valence-electron chi connectivity index (χ0n) is 12.1. The van der Waals surface area contributed by atoms with Gasteiger partial charge in [-0.1, -0.05) is 35.9 Å². The molecule has 2 aromatic rings. The first-order valence-corrected chi connectivity index (χ1v) is 7.62. The average Bonchev–Trinajstić information content (AvgIpc) is 2.49. The summed E-state index contributed by atoms with van der Waals surface area (Å²) in [5.74, 6) is -0.765. The molecule has 0 fully saturated rings. The van der Waals surface area contributed by atoms with E-state index < -0.39 is 5.97 Å². The third-order valence-electron chi connectivity index (χ3n) is 4.03. The van der Waals surface area contributed by atoms with Crippen molar-refractivity contribution in [1.29, 1.82) is 0 Å². The van der Waals surface area contributed by atoms with Crippen LogP contribution in [0.3, 0.4) is 0 Å². The van der Waals surface area contributed by atoms with E-state index >= 15 is 0 Å². The minimum absolute atomic E-state index is 0.00937. The van der Waals surface area contributed by atoms with E-state index in [1.54, 1.807) is 6.20 Å². The molecule has 114 valence electrons. The zero-order valence-corrected chi connectivity index (χ0v) is 12.8. The molecule has 0 bridgehead atoms. The summed E-state index contributed by atoms with van der Waals surface area (Å²) in [7, 11) is 0. The van der Waals surface area contributed by atoms with Gasteiger partial charge in [0, 0.05) is 25.3 Å². The molecule has 0 amide bonds. The minimum atomic E-state index is -0.765. The van der Waals surface area contributed by atoms with Gasteiger partial charge in [0.05, 0.1) is 17.1 Å². The van der Waals surface area contributed by atoms with Crippen molar-refractivity contribution in [2.75, 3.05) is 0 Å². The van der Waals surface area contributed by atoms with Gasteiger partial charge < -0.3 is 5.11 Å². The second kappa shape index (κ2) is 6.46. The van der Waals surface area contributed by atoms with Crippen molar-refractivity contribution in [3.63, 3.8) is 0 Å². The highest BCUT2D eigenvalue weighted by atomic mass is 35.5. The maximum atomic E-state index is 11.2. The molecule has 0 aliphatic carbocycles. The third-order valence-corrected chi connectivity index (χ3v) is 4.25. The largest absolute Gasteiger partial charge is 0.481 e. The summed E-state index contributed by atoms with van der Waals surface area (Å²) in [4.78, 5) is 17.7. The maximum Gasteiger partial charge on any atom is 0.304 e. The van der Waals surface area contributed by atoms with Gasteiger partial charge in [-0.2, -0.15) is 0 Å².